The van der Waals surface area contributed by atoms with E-state index >= 15 is 0 Å². The molecular weight excluding hydrogens is 146 g/mol. The van der Waals surface area contributed by atoms with E-state index in [4.69, 9.17) is 0 Å². The lowest BCUT2D eigenvalue weighted by Crippen LogP contribution is -2.36. The van der Waals surface area contributed by atoms with Crippen LogP contribution in [0.3, 0.4) is 0 Å². The van der Waals surface area contributed by atoms with Crippen LogP contribution in [-0.2, 0) is 0 Å². The normalized spacial score (nSPS) is 19.6. The van der Waals surface area contributed by atoms with Crippen LogP contribution in [0, 0.1) is 5.92 Å². The van der Waals surface area contributed by atoms with Gasteiger partial charge in [-0.25, -0.2) is 0 Å². The molecule has 1 aliphatic rings. The van der Waals surface area contributed by atoms with Gasteiger partial charge in [-0.3, -0.25) is 0 Å². The lowest BCUT2D eigenvalue weighted by atomic mass is 10.0. The molecule has 0 bridgehead atoms. The quantitative estimate of drug-likeness (QED) is 0.666. The highest BCUT2D eigenvalue weighted by Gasteiger charge is 2.20. The SMILES string of the molecule is C=C(NC(C)(C)C)C1CCCC1. The Balaban J connectivity index is 2.37. The maximum absolute atomic E-state index is 4.11. The molecule has 1 fully saturated rings. The van der Waals surface area contributed by atoms with Gasteiger partial charge in [0.2, 0.25) is 0 Å². The minimum absolute atomic E-state index is 0.180. The summed E-state index contributed by atoms with van der Waals surface area (Å²) in [7, 11) is 0. The molecule has 0 radical (unpaired) electrons. The molecule has 0 aromatic heterocycles. The molecule has 0 unspecified atom stereocenters. The maximum Gasteiger partial charge on any atom is 0.0286 e. The lowest BCUT2D eigenvalue weighted by molar-refractivity contribution is 0.432. The van der Waals surface area contributed by atoms with Gasteiger partial charge in [-0.1, -0.05) is 19.4 Å². The monoisotopic (exact) mass is 167 g/mol. The van der Waals surface area contributed by atoms with E-state index in [0.717, 1.165) is 5.92 Å². The highest BCUT2D eigenvalue weighted by atomic mass is 15.0. The van der Waals surface area contributed by atoms with Crippen molar-refractivity contribution in [2.75, 3.05) is 0 Å². The molecule has 1 N–H and O–H groups in total. The van der Waals surface area contributed by atoms with Crippen molar-refractivity contribution in [2.45, 2.75) is 52.0 Å². The standard InChI is InChI=1S/C11H21N/c1-9(12-11(2,3)4)10-7-5-6-8-10/h10,12H,1,5-8H2,2-4H3. The Morgan fingerprint density at radius 1 is 1.25 bits per heavy atom. The summed E-state index contributed by atoms with van der Waals surface area (Å²) in [5.41, 5.74) is 1.43. The summed E-state index contributed by atoms with van der Waals surface area (Å²) in [6.07, 6.45) is 5.44. The first-order chi connectivity index (χ1) is 5.49. The van der Waals surface area contributed by atoms with E-state index in [0.29, 0.717) is 0 Å². The van der Waals surface area contributed by atoms with Crippen LogP contribution in [0.25, 0.3) is 0 Å². The first kappa shape index (κ1) is 9.63. The van der Waals surface area contributed by atoms with Crippen molar-refractivity contribution in [3.8, 4) is 0 Å². The second-order valence-corrected chi connectivity index (χ2v) is 4.88. The fraction of sp³-hybridized carbons (Fsp3) is 0.818. The molecular formula is C11H21N. The lowest BCUT2D eigenvalue weighted by Gasteiger charge is -2.26. The zero-order valence-electron chi connectivity index (χ0n) is 8.61. The van der Waals surface area contributed by atoms with Crippen molar-refractivity contribution < 1.29 is 0 Å². The molecule has 1 heteroatoms. The molecule has 0 aromatic carbocycles. The van der Waals surface area contributed by atoms with Gasteiger partial charge in [0.1, 0.15) is 0 Å². The fourth-order valence-electron chi connectivity index (χ4n) is 1.86. The van der Waals surface area contributed by atoms with Crippen LogP contribution in [-0.4, -0.2) is 5.54 Å². The minimum Gasteiger partial charge on any atom is -0.384 e. The van der Waals surface area contributed by atoms with Crippen molar-refractivity contribution in [1.82, 2.24) is 5.32 Å². The van der Waals surface area contributed by atoms with Crippen molar-refractivity contribution >= 4 is 0 Å². The smallest absolute Gasteiger partial charge is 0.0286 e. The van der Waals surface area contributed by atoms with Crippen LogP contribution in [0.2, 0.25) is 0 Å². The van der Waals surface area contributed by atoms with Crippen LogP contribution in [0.5, 0.6) is 0 Å². The summed E-state index contributed by atoms with van der Waals surface area (Å²) >= 11 is 0. The summed E-state index contributed by atoms with van der Waals surface area (Å²) in [6, 6.07) is 0. The van der Waals surface area contributed by atoms with Crippen molar-refractivity contribution in [2.24, 2.45) is 5.92 Å². The molecule has 0 aliphatic heterocycles. The van der Waals surface area contributed by atoms with Gasteiger partial charge < -0.3 is 5.32 Å². The third-order valence-corrected chi connectivity index (χ3v) is 2.38. The molecule has 0 saturated heterocycles. The Hall–Kier alpha value is -0.460. The van der Waals surface area contributed by atoms with Gasteiger partial charge in [-0.15, -0.1) is 0 Å². The number of hydrogen-bond acceptors (Lipinski definition) is 1. The van der Waals surface area contributed by atoms with Crippen LogP contribution in [0.15, 0.2) is 12.3 Å². The largest absolute Gasteiger partial charge is 0.384 e. The Labute approximate surface area is 76.2 Å². The third-order valence-electron chi connectivity index (χ3n) is 2.38. The van der Waals surface area contributed by atoms with Gasteiger partial charge in [-0.2, -0.15) is 0 Å². The predicted molar refractivity (Wildman–Crippen MR) is 54.0 cm³/mol. The molecule has 1 aliphatic carbocycles. The summed E-state index contributed by atoms with van der Waals surface area (Å²) in [5.74, 6) is 0.740. The molecule has 0 amide bonds. The molecule has 0 spiro atoms. The second-order valence-electron chi connectivity index (χ2n) is 4.88. The van der Waals surface area contributed by atoms with Crippen molar-refractivity contribution in [3.05, 3.63) is 12.3 Å². The van der Waals surface area contributed by atoms with E-state index in [1.807, 2.05) is 0 Å². The first-order valence-corrected chi connectivity index (χ1v) is 4.96. The average Bonchev–Trinajstić information content (AvgIpc) is 2.32. The van der Waals surface area contributed by atoms with E-state index in [9.17, 15) is 0 Å². The number of allylic oxidation sites excluding steroid dienone is 1. The first-order valence-electron chi connectivity index (χ1n) is 4.96. The summed E-state index contributed by atoms with van der Waals surface area (Å²) in [4.78, 5) is 0. The molecule has 1 rings (SSSR count). The van der Waals surface area contributed by atoms with E-state index < -0.39 is 0 Å². The molecule has 1 saturated carbocycles. The van der Waals surface area contributed by atoms with Crippen molar-refractivity contribution in [1.29, 1.82) is 0 Å². The molecule has 0 heterocycles. The van der Waals surface area contributed by atoms with Gasteiger partial charge in [-0.05, 0) is 39.5 Å². The highest BCUT2D eigenvalue weighted by Crippen LogP contribution is 2.29. The minimum atomic E-state index is 0.180. The van der Waals surface area contributed by atoms with E-state index in [1.54, 1.807) is 0 Å². The van der Waals surface area contributed by atoms with Gasteiger partial charge >= 0.3 is 0 Å². The Bertz CT molecular complexity index is 158. The molecule has 1 nitrogen and oxygen atoms in total. The Morgan fingerprint density at radius 2 is 1.75 bits per heavy atom. The topological polar surface area (TPSA) is 12.0 Å². The summed E-state index contributed by atoms with van der Waals surface area (Å²) < 4.78 is 0. The highest BCUT2D eigenvalue weighted by molar-refractivity contribution is 5.03. The van der Waals surface area contributed by atoms with E-state index in [2.05, 4.69) is 32.7 Å². The van der Waals surface area contributed by atoms with E-state index in [-0.39, 0.29) is 5.54 Å². The third kappa shape index (κ3) is 2.88. The predicted octanol–water partition coefficient (Wildman–Crippen LogP) is 3.08. The van der Waals surface area contributed by atoms with Gasteiger partial charge in [0.25, 0.3) is 0 Å². The van der Waals surface area contributed by atoms with Crippen LogP contribution >= 0.6 is 0 Å². The second kappa shape index (κ2) is 3.51. The van der Waals surface area contributed by atoms with Gasteiger partial charge in [0, 0.05) is 11.2 Å². The van der Waals surface area contributed by atoms with Gasteiger partial charge in [0.15, 0.2) is 0 Å². The van der Waals surface area contributed by atoms with Crippen LogP contribution in [0.4, 0.5) is 0 Å². The summed E-state index contributed by atoms with van der Waals surface area (Å²) in [5, 5.41) is 3.47. The molecule has 70 valence electrons. The number of hydrogen-bond donors (Lipinski definition) is 1. The van der Waals surface area contributed by atoms with Gasteiger partial charge in [0.05, 0.1) is 0 Å². The maximum atomic E-state index is 4.11. The van der Waals surface area contributed by atoms with Crippen LogP contribution in [0.1, 0.15) is 46.5 Å². The Kier molecular flexibility index (Phi) is 2.81. The molecule has 0 atom stereocenters. The van der Waals surface area contributed by atoms with Crippen LogP contribution < -0.4 is 5.32 Å². The fourth-order valence-corrected chi connectivity index (χ4v) is 1.86. The summed E-state index contributed by atoms with van der Waals surface area (Å²) in [6.45, 7) is 10.7. The molecule has 0 aromatic rings. The number of rotatable bonds is 2. The zero-order valence-corrected chi connectivity index (χ0v) is 8.61. The zero-order chi connectivity index (χ0) is 9.19. The van der Waals surface area contributed by atoms with Crippen molar-refractivity contribution in [3.63, 3.8) is 0 Å². The molecule has 12 heavy (non-hydrogen) atoms. The Morgan fingerprint density at radius 3 is 2.17 bits per heavy atom. The average molecular weight is 167 g/mol. The van der Waals surface area contributed by atoms with E-state index in [1.165, 1.54) is 31.4 Å². The number of nitrogens with one attached hydrogen (secondary N) is 1.